The Morgan fingerprint density at radius 1 is 1.14 bits per heavy atom. The van der Waals surface area contributed by atoms with E-state index in [2.05, 4.69) is 27.4 Å². The Balaban J connectivity index is 1.59. The van der Waals surface area contributed by atoms with Gasteiger partial charge in [0.25, 0.3) is 0 Å². The molecule has 2 saturated carbocycles. The fraction of sp³-hybridized carbons (Fsp3) is 0.733. The predicted molar refractivity (Wildman–Crippen MR) is 134 cm³/mol. The van der Waals surface area contributed by atoms with Gasteiger partial charge in [-0.3, -0.25) is 19.2 Å². The van der Waals surface area contributed by atoms with Crippen molar-refractivity contribution in [3.05, 3.63) is 23.3 Å². The van der Waals surface area contributed by atoms with E-state index < -0.39 is 0 Å². The summed E-state index contributed by atoms with van der Waals surface area (Å²) in [5, 5.41) is 0. The predicted octanol–water partition coefficient (Wildman–Crippen LogP) is 5.66. The summed E-state index contributed by atoms with van der Waals surface area (Å²) in [5.74, 6) is 0.522. The molecule has 2 unspecified atom stereocenters. The summed E-state index contributed by atoms with van der Waals surface area (Å²) in [6.07, 6.45) is 5.68. The van der Waals surface area contributed by atoms with Crippen LogP contribution in [0, 0.1) is 46.3 Å². The van der Waals surface area contributed by atoms with Crippen molar-refractivity contribution in [2.75, 3.05) is 7.11 Å². The standard InChI is InChI=1S/C30H42O5/c1-16(18(3)28(34)35-7)8-9-17(2)20-10-11-21-26-24(32)14-22-19(4)23(31)12-13-29(22,5)27(26)25(33)15-30(20,21)6/h17-22H,1,8-15H2,2-7H3/t17-,18?,19+,20-,21+,22?,29+,30-/m1/s1. The zero-order chi connectivity index (χ0) is 25.9. The fourth-order valence-corrected chi connectivity index (χ4v) is 8.41. The molecule has 5 heteroatoms. The lowest BCUT2D eigenvalue weighted by atomic mass is 9.48. The molecule has 0 aliphatic heterocycles. The number of rotatable bonds is 6. The Morgan fingerprint density at radius 2 is 1.83 bits per heavy atom. The molecule has 0 N–H and O–H groups in total. The van der Waals surface area contributed by atoms with Crippen molar-refractivity contribution >= 4 is 23.3 Å². The minimum absolute atomic E-state index is 0.0535. The lowest BCUT2D eigenvalue weighted by molar-refractivity contribution is -0.143. The number of esters is 1. The molecule has 0 aromatic carbocycles. The molecule has 0 amide bonds. The van der Waals surface area contributed by atoms with E-state index >= 15 is 0 Å². The van der Waals surface area contributed by atoms with Gasteiger partial charge in [-0.05, 0) is 68.1 Å². The molecular weight excluding hydrogens is 440 g/mol. The van der Waals surface area contributed by atoms with Gasteiger partial charge in [0.1, 0.15) is 5.78 Å². The van der Waals surface area contributed by atoms with Crippen LogP contribution in [0.2, 0.25) is 0 Å². The summed E-state index contributed by atoms with van der Waals surface area (Å²) in [7, 11) is 1.40. The summed E-state index contributed by atoms with van der Waals surface area (Å²) in [6, 6.07) is 0. The van der Waals surface area contributed by atoms with Gasteiger partial charge in [0.05, 0.1) is 13.0 Å². The van der Waals surface area contributed by atoms with Crippen molar-refractivity contribution in [1.82, 2.24) is 0 Å². The SMILES string of the molecule is C=C(CC[C@@H](C)[C@H]1CC[C@H]2C3=C(C(=O)C[C@]12C)[C@@]1(C)CCC(=O)[C@@H](C)C1CC3=O)C(C)C(=O)OC. The number of allylic oxidation sites excluding steroid dienone is 2. The molecular formula is C30H42O5. The topological polar surface area (TPSA) is 77.5 Å². The molecule has 35 heavy (non-hydrogen) atoms. The van der Waals surface area contributed by atoms with Crippen LogP contribution in [0.4, 0.5) is 0 Å². The lowest BCUT2D eigenvalue weighted by Gasteiger charge is -2.53. The lowest BCUT2D eigenvalue weighted by Crippen LogP contribution is -2.53. The maximum absolute atomic E-state index is 13.8. The average Bonchev–Trinajstić information content (AvgIpc) is 3.16. The van der Waals surface area contributed by atoms with Crippen LogP contribution in [-0.2, 0) is 23.9 Å². The van der Waals surface area contributed by atoms with E-state index in [-0.39, 0.29) is 57.8 Å². The third-order valence-corrected chi connectivity index (χ3v) is 10.7. The quantitative estimate of drug-likeness (QED) is 0.360. The highest BCUT2D eigenvalue weighted by Gasteiger charge is 2.61. The van der Waals surface area contributed by atoms with Crippen molar-refractivity contribution in [2.24, 2.45) is 46.3 Å². The molecule has 0 radical (unpaired) electrons. The molecule has 4 rings (SSSR count). The second kappa shape index (κ2) is 9.12. The number of fused-ring (bicyclic) bond motifs is 4. The van der Waals surface area contributed by atoms with E-state index in [1.807, 2.05) is 13.8 Å². The van der Waals surface area contributed by atoms with Gasteiger partial charge in [-0.1, -0.05) is 39.8 Å². The largest absolute Gasteiger partial charge is 0.469 e. The maximum atomic E-state index is 13.8. The first-order valence-electron chi connectivity index (χ1n) is 13.5. The second-order valence-electron chi connectivity index (χ2n) is 12.5. The first-order chi connectivity index (χ1) is 16.4. The third kappa shape index (κ3) is 3.97. The molecule has 192 valence electrons. The molecule has 0 aromatic rings. The molecule has 0 saturated heterocycles. The molecule has 0 bridgehead atoms. The number of carbonyl (C=O) groups is 4. The molecule has 2 fully saturated rings. The number of hydrogen-bond acceptors (Lipinski definition) is 5. The van der Waals surface area contributed by atoms with Crippen molar-refractivity contribution < 1.29 is 23.9 Å². The van der Waals surface area contributed by atoms with Gasteiger partial charge in [-0.25, -0.2) is 0 Å². The number of Topliss-reactive ketones (excluding diaryl/α,β-unsaturated/α-hetero) is 3. The van der Waals surface area contributed by atoms with Crippen LogP contribution in [0.5, 0.6) is 0 Å². The number of ether oxygens (including phenoxy) is 1. The summed E-state index contributed by atoms with van der Waals surface area (Å²) < 4.78 is 4.86. The van der Waals surface area contributed by atoms with Crippen LogP contribution >= 0.6 is 0 Å². The highest BCUT2D eigenvalue weighted by atomic mass is 16.5. The van der Waals surface area contributed by atoms with Crippen molar-refractivity contribution in [3.8, 4) is 0 Å². The van der Waals surface area contributed by atoms with Gasteiger partial charge in [0, 0.05) is 41.7 Å². The van der Waals surface area contributed by atoms with E-state index in [0.29, 0.717) is 37.5 Å². The minimum atomic E-state index is -0.361. The first-order valence-corrected chi connectivity index (χ1v) is 13.5. The van der Waals surface area contributed by atoms with Gasteiger partial charge < -0.3 is 4.74 Å². The van der Waals surface area contributed by atoms with Crippen molar-refractivity contribution in [2.45, 2.75) is 86.0 Å². The third-order valence-electron chi connectivity index (χ3n) is 10.7. The number of methoxy groups -OCH3 is 1. The van der Waals surface area contributed by atoms with Crippen LogP contribution in [0.25, 0.3) is 0 Å². The van der Waals surface area contributed by atoms with E-state index in [0.717, 1.165) is 42.4 Å². The van der Waals surface area contributed by atoms with Crippen molar-refractivity contribution in [3.63, 3.8) is 0 Å². The molecule has 0 aromatic heterocycles. The van der Waals surface area contributed by atoms with Crippen LogP contribution in [0.1, 0.15) is 86.0 Å². The zero-order valence-corrected chi connectivity index (χ0v) is 22.4. The van der Waals surface area contributed by atoms with Crippen LogP contribution in [0.15, 0.2) is 23.3 Å². The molecule has 0 spiro atoms. The Hall–Kier alpha value is -2.04. The van der Waals surface area contributed by atoms with E-state index in [1.54, 1.807) is 0 Å². The monoisotopic (exact) mass is 482 g/mol. The minimum Gasteiger partial charge on any atom is -0.469 e. The second-order valence-corrected chi connectivity index (χ2v) is 12.5. The molecule has 4 aliphatic carbocycles. The molecule has 4 aliphatic rings. The van der Waals surface area contributed by atoms with Gasteiger partial charge in [-0.2, -0.15) is 0 Å². The smallest absolute Gasteiger partial charge is 0.312 e. The van der Waals surface area contributed by atoms with Crippen molar-refractivity contribution in [1.29, 1.82) is 0 Å². The number of carbonyl (C=O) groups excluding carboxylic acids is 4. The normalized spacial score (nSPS) is 38.4. The Bertz CT molecular complexity index is 1000. The summed E-state index contributed by atoms with van der Waals surface area (Å²) in [5.41, 5.74) is 1.91. The van der Waals surface area contributed by atoms with Crippen LogP contribution in [0.3, 0.4) is 0 Å². The Morgan fingerprint density at radius 3 is 2.49 bits per heavy atom. The average molecular weight is 483 g/mol. The molecule has 5 nitrogen and oxygen atoms in total. The van der Waals surface area contributed by atoms with Gasteiger partial charge in [0.2, 0.25) is 0 Å². The van der Waals surface area contributed by atoms with Gasteiger partial charge in [0.15, 0.2) is 11.6 Å². The summed E-state index contributed by atoms with van der Waals surface area (Å²) in [6.45, 7) is 14.5. The van der Waals surface area contributed by atoms with Gasteiger partial charge >= 0.3 is 5.97 Å². The number of hydrogen-bond donors (Lipinski definition) is 0. The molecule has 0 heterocycles. The fourth-order valence-electron chi connectivity index (χ4n) is 8.41. The summed E-state index contributed by atoms with van der Waals surface area (Å²) in [4.78, 5) is 51.8. The highest BCUT2D eigenvalue weighted by Crippen LogP contribution is 2.64. The zero-order valence-electron chi connectivity index (χ0n) is 22.4. The van der Waals surface area contributed by atoms with E-state index in [4.69, 9.17) is 4.74 Å². The first kappa shape index (κ1) is 26.0. The molecule has 8 atom stereocenters. The Labute approximate surface area is 210 Å². The Kier molecular flexibility index (Phi) is 6.78. The van der Waals surface area contributed by atoms with Crippen LogP contribution in [-0.4, -0.2) is 30.4 Å². The van der Waals surface area contributed by atoms with E-state index in [1.165, 1.54) is 7.11 Å². The number of ketones is 3. The maximum Gasteiger partial charge on any atom is 0.312 e. The summed E-state index contributed by atoms with van der Waals surface area (Å²) >= 11 is 0. The van der Waals surface area contributed by atoms with Gasteiger partial charge in [-0.15, -0.1) is 0 Å². The highest BCUT2D eigenvalue weighted by molar-refractivity contribution is 6.11. The van der Waals surface area contributed by atoms with E-state index in [9.17, 15) is 19.2 Å². The van der Waals surface area contributed by atoms with Crippen LogP contribution < -0.4 is 0 Å².